The number of aliphatic hydroxyl groups excluding tert-OH is 1. The van der Waals surface area contributed by atoms with Crippen LogP contribution in [0.5, 0.6) is 0 Å². The average molecular weight is 278 g/mol. The van der Waals surface area contributed by atoms with Crippen LogP contribution in [-0.4, -0.2) is 21.7 Å². The maximum absolute atomic E-state index is 9.30. The summed E-state index contributed by atoms with van der Waals surface area (Å²) in [4.78, 5) is 9.54. The highest BCUT2D eigenvalue weighted by molar-refractivity contribution is 5.37. The number of nitrogens with zero attached hydrogens (tertiary/aromatic N) is 2. The Hall–Kier alpha value is -1.00. The summed E-state index contributed by atoms with van der Waals surface area (Å²) in [5.74, 6) is 1.14. The van der Waals surface area contributed by atoms with Crippen molar-refractivity contribution < 1.29 is 9.84 Å². The molecule has 20 heavy (non-hydrogen) atoms. The molecular formula is C16H26N2O2. The van der Waals surface area contributed by atoms with E-state index in [0.29, 0.717) is 13.0 Å². The van der Waals surface area contributed by atoms with Gasteiger partial charge in [-0.25, -0.2) is 9.97 Å². The smallest absolute Gasteiger partial charge is 0.131 e. The molecule has 2 heterocycles. The van der Waals surface area contributed by atoms with Crippen molar-refractivity contribution in [2.45, 2.75) is 71.5 Å². The number of hydrogen-bond donors (Lipinski definition) is 1. The first-order chi connectivity index (χ1) is 9.19. The molecule has 1 N–H and O–H groups in total. The monoisotopic (exact) mass is 278 g/mol. The topological polar surface area (TPSA) is 55.2 Å². The summed E-state index contributed by atoms with van der Waals surface area (Å²) >= 11 is 0. The van der Waals surface area contributed by atoms with Crippen molar-refractivity contribution in [1.29, 1.82) is 0 Å². The van der Waals surface area contributed by atoms with Crippen LogP contribution in [0.2, 0.25) is 0 Å². The second-order valence-corrected chi connectivity index (χ2v) is 7.16. The largest absolute Gasteiger partial charge is 0.396 e. The Kier molecular flexibility index (Phi) is 3.91. The summed E-state index contributed by atoms with van der Waals surface area (Å²) in [5, 5.41) is 9.30. The molecule has 4 heteroatoms. The zero-order valence-electron chi connectivity index (χ0n) is 13.4. The van der Waals surface area contributed by atoms with E-state index >= 15 is 0 Å². The molecule has 0 radical (unpaired) electrons. The van der Waals surface area contributed by atoms with Gasteiger partial charge in [-0.1, -0.05) is 34.6 Å². The SMILES string of the molecule is CC(C)c1nc(C(C)(C)C)c2c(n1)C(C)(CCO)OC2. The van der Waals surface area contributed by atoms with Gasteiger partial charge in [-0.15, -0.1) is 0 Å². The van der Waals surface area contributed by atoms with Crippen LogP contribution in [0.1, 0.15) is 76.7 Å². The van der Waals surface area contributed by atoms with E-state index in [1.807, 2.05) is 6.92 Å². The summed E-state index contributed by atoms with van der Waals surface area (Å²) < 4.78 is 5.96. The number of ether oxygens (including phenoxy) is 1. The lowest BCUT2D eigenvalue weighted by Gasteiger charge is -2.25. The number of aromatic nitrogens is 2. The predicted octanol–water partition coefficient (Wildman–Crippen LogP) is 3.03. The van der Waals surface area contributed by atoms with E-state index in [0.717, 1.165) is 22.8 Å². The second-order valence-electron chi connectivity index (χ2n) is 7.16. The Balaban J connectivity index is 2.64. The molecule has 0 amide bonds. The number of fused-ring (bicyclic) bond motifs is 1. The molecule has 1 aliphatic rings. The fraction of sp³-hybridized carbons (Fsp3) is 0.750. The molecule has 0 aromatic carbocycles. The van der Waals surface area contributed by atoms with Crippen molar-refractivity contribution in [2.75, 3.05) is 6.61 Å². The van der Waals surface area contributed by atoms with Gasteiger partial charge in [0.05, 0.1) is 18.0 Å². The molecule has 1 aliphatic heterocycles. The highest BCUT2D eigenvalue weighted by atomic mass is 16.5. The zero-order chi connectivity index (χ0) is 15.1. The van der Waals surface area contributed by atoms with Crippen molar-refractivity contribution in [3.8, 4) is 0 Å². The van der Waals surface area contributed by atoms with E-state index < -0.39 is 5.60 Å². The quantitative estimate of drug-likeness (QED) is 0.923. The van der Waals surface area contributed by atoms with Gasteiger partial charge in [-0.05, 0) is 6.92 Å². The molecule has 2 rings (SSSR count). The molecule has 112 valence electrons. The van der Waals surface area contributed by atoms with E-state index in [-0.39, 0.29) is 17.9 Å². The second kappa shape index (κ2) is 5.08. The summed E-state index contributed by atoms with van der Waals surface area (Å²) in [5.41, 5.74) is 2.63. The Morgan fingerprint density at radius 2 is 1.95 bits per heavy atom. The molecule has 0 spiro atoms. The third-order valence-electron chi connectivity index (χ3n) is 3.88. The van der Waals surface area contributed by atoms with Crippen LogP contribution in [0.4, 0.5) is 0 Å². The molecule has 0 saturated carbocycles. The first-order valence-corrected chi connectivity index (χ1v) is 7.35. The fourth-order valence-electron chi connectivity index (χ4n) is 2.66. The van der Waals surface area contributed by atoms with Crippen LogP contribution < -0.4 is 0 Å². The summed E-state index contributed by atoms with van der Waals surface area (Å²) in [6.07, 6.45) is 0.568. The lowest BCUT2D eigenvalue weighted by Crippen LogP contribution is -2.26. The first kappa shape index (κ1) is 15.4. The minimum atomic E-state index is -0.489. The van der Waals surface area contributed by atoms with Gasteiger partial charge in [-0.3, -0.25) is 0 Å². The fourth-order valence-corrected chi connectivity index (χ4v) is 2.66. The Morgan fingerprint density at radius 1 is 1.30 bits per heavy atom. The molecule has 1 aromatic rings. The lowest BCUT2D eigenvalue weighted by molar-refractivity contribution is -0.0413. The van der Waals surface area contributed by atoms with Gasteiger partial charge in [0.15, 0.2) is 0 Å². The molecule has 1 aromatic heterocycles. The van der Waals surface area contributed by atoms with Gasteiger partial charge < -0.3 is 9.84 Å². The Bertz CT molecular complexity index is 506. The van der Waals surface area contributed by atoms with E-state index in [2.05, 4.69) is 34.6 Å². The van der Waals surface area contributed by atoms with Crippen LogP contribution >= 0.6 is 0 Å². The molecular weight excluding hydrogens is 252 g/mol. The maximum Gasteiger partial charge on any atom is 0.131 e. The van der Waals surface area contributed by atoms with Crippen LogP contribution in [0.3, 0.4) is 0 Å². The van der Waals surface area contributed by atoms with Crippen LogP contribution in [-0.2, 0) is 22.4 Å². The van der Waals surface area contributed by atoms with Gasteiger partial charge in [0.2, 0.25) is 0 Å². The zero-order valence-corrected chi connectivity index (χ0v) is 13.4. The average Bonchev–Trinajstić information content (AvgIpc) is 2.65. The number of hydrogen-bond acceptors (Lipinski definition) is 4. The van der Waals surface area contributed by atoms with Crippen molar-refractivity contribution >= 4 is 0 Å². The predicted molar refractivity (Wildman–Crippen MR) is 78.7 cm³/mol. The molecule has 0 fully saturated rings. The molecule has 1 atom stereocenters. The Labute approximate surface area is 121 Å². The standard InChI is InChI=1S/C16H26N2O2/c1-10(2)14-17-12(15(3,4)5)11-9-20-16(6,7-8-19)13(11)18-14/h10,19H,7-9H2,1-6H3. The summed E-state index contributed by atoms with van der Waals surface area (Å²) in [7, 11) is 0. The van der Waals surface area contributed by atoms with Gasteiger partial charge in [-0.2, -0.15) is 0 Å². The van der Waals surface area contributed by atoms with Crippen molar-refractivity contribution in [1.82, 2.24) is 9.97 Å². The molecule has 0 bridgehead atoms. The summed E-state index contributed by atoms with van der Waals surface area (Å²) in [6.45, 7) is 13.4. The van der Waals surface area contributed by atoms with Crippen LogP contribution in [0.25, 0.3) is 0 Å². The van der Waals surface area contributed by atoms with Crippen LogP contribution in [0.15, 0.2) is 0 Å². The van der Waals surface area contributed by atoms with Gasteiger partial charge in [0.1, 0.15) is 11.4 Å². The minimum absolute atomic E-state index is 0.0372. The van der Waals surface area contributed by atoms with E-state index in [1.54, 1.807) is 0 Å². The normalized spacial score (nSPS) is 22.4. The minimum Gasteiger partial charge on any atom is -0.396 e. The summed E-state index contributed by atoms with van der Waals surface area (Å²) in [6, 6.07) is 0. The maximum atomic E-state index is 9.30. The van der Waals surface area contributed by atoms with Crippen molar-refractivity contribution in [3.63, 3.8) is 0 Å². The highest BCUT2D eigenvalue weighted by Crippen LogP contribution is 2.41. The Morgan fingerprint density at radius 3 is 2.45 bits per heavy atom. The van der Waals surface area contributed by atoms with E-state index in [9.17, 15) is 5.11 Å². The lowest BCUT2D eigenvalue weighted by atomic mass is 9.85. The van der Waals surface area contributed by atoms with Gasteiger partial charge >= 0.3 is 0 Å². The molecule has 1 unspecified atom stereocenters. The molecule has 0 saturated heterocycles. The first-order valence-electron chi connectivity index (χ1n) is 7.35. The van der Waals surface area contributed by atoms with Crippen LogP contribution in [0, 0.1) is 0 Å². The molecule has 4 nitrogen and oxygen atoms in total. The van der Waals surface area contributed by atoms with Crippen molar-refractivity contribution in [2.24, 2.45) is 0 Å². The van der Waals surface area contributed by atoms with Gasteiger partial charge in [0.25, 0.3) is 0 Å². The third kappa shape index (κ3) is 2.59. The van der Waals surface area contributed by atoms with E-state index in [4.69, 9.17) is 14.7 Å². The number of aliphatic hydroxyl groups is 1. The van der Waals surface area contributed by atoms with Crippen molar-refractivity contribution in [3.05, 3.63) is 22.8 Å². The number of rotatable bonds is 3. The van der Waals surface area contributed by atoms with Gasteiger partial charge in [0, 0.05) is 29.9 Å². The van der Waals surface area contributed by atoms with E-state index in [1.165, 1.54) is 0 Å². The molecule has 0 aliphatic carbocycles. The third-order valence-corrected chi connectivity index (χ3v) is 3.88. The highest BCUT2D eigenvalue weighted by Gasteiger charge is 2.40.